The smallest absolute Gasteiger partial charge is 0.302 e. The van der Waals surface area contributed by atoms with Gasteiger partial charge in [0, 0.05) is 12.4 Å². The van der Waals surface area contributed by atoms with Crippen LogP contribution in [0.2, 0.25) is 0 Å². The molecular weight excluding hydrogens is 439 g/mol. The summed E-state index contributed by atoms with van der Waals surface area (Å²) in [6.07, 6.45) is 3.03. The lowest BCUT2D eigenvalue weighted by Crippen LogP contribution is -2.30. The number of halogens is 1. The maximum absolute atomic E-state index is 14.0. The number of aromatic amines is 1. The van der Waals surface area contributed by atoms with Gasteiger partial charge in [-0.05, 0) is 60.5 Å². The number of rotatable bonds is 4. The van der Waals surface area contributed by atoms with E-state index in [9.17, 15) is 19.1 Å². The monoisotopic (exact) mass is 458 g/mol. The van der Waals surface area contributed by atoms with Crippen LogP contribution in [0.25, 0.3) is 16.8 Å². The number of benzene rings is 2. The van der Waals surface area contributed by atoms with Crippen LogP contribution in [0.4, 0.5) is 10.3 Å². The molecule has 1 fully saturated rings. The van der Waals surface area contributed by atoms with Crippen molar-refractivity contribution in [3.05, 3.63) is 89.0 Å². The van der Waals surface area contributed by atoms with Crippen LogP contribution >= 0.6 is 0 Å². The Morgan fingerprint density at radius 1 is 1.12 bits per heavy atom. The molecule has 1 saturated heterocycles. The molecule has 9 heteroatoms. The second-order valence-electron chi connectivity index (χ2n) is 7.88. The molecule has 5 rings (SSSR count). The highest BCUT2D eigenvalue weighted by Gasteiger charge is 2.48. The molecule has 2 N–H and O–H groups in total. The molecule has 0 saturated carbocycles. The minimum absolute atomic E-state index is 0.0419. The number of hydrogen-bond acceptors (Lipinski definition) is 6. The zero-order chi connectivity index (χ0) is 24.0. The fraction of sp³-hybridized carbons (Fsp3) is 0.120. The first kappa shape index (κ1) is 21.3. The summed E-state index contributed by atoms with van der Waals surface area (Å²) in [7, 11) is 1.36. The first-order valence-corrected chi connectivity index (χ1v) is 10.4. The van der Waals surface area contributed by atoms with Gasteiger partial charge in [-0.15, -0.1) is 0 Å². The highest BCUT2D eigenvalue weighted by atomic mass is 19.1. The van der Waals surface area contributed by atoms with Crippen molar-refractivity contribution in [2.24, 2.45) is 0 Å². The molecule has 4 aromatic rings. The Morgan fingerprint density at radius 3 is 2.62 bits per heavy atom. The molecule has 2 aromatic heterocycles. The van der Waals surface area contributed by atoms with Crippen LogP contribution in [0.1, 0.15) is 22.7 Å². The number of aryl methyl sites for hydroxylation is 1. The number of ether oxygens (including phenoxy) is 1. The van der Waals surface area contributed by atoms with E-state index in [0.717, 1.165) is 11.6 Å². The van der Waals surface area contributed by atoms with Gasteiger partial charge in [-0.25, -0.2) is 9.37 Å². The largest absolute Gasteiger partial charge is 0.507 e. The van der Waals surface area contributed by atoms with Crippen LogP contribution < -0.4 is 9.64 Å². The van der Waals surface area contributed by atoms with Gasteiger partial charge in [0.15, 0.2) is 0 Å². The normalized spacial score (nSPS) is 17.5. The van der Waals surface area contributed by atoms with Gasteiger partial charge >= 0.3 is 5.91 Å². The summed E-state index contributed by atoms with van der Waals surface area (Å²) in [6.45, 7) is 1.93. The Hall–Kier alpha value is -4.53. The van der Waals surface area contributed by atoms with Crippen LogP contribution in [-0.2, 0) is 9.59 Å². The fourth-order valence-electron chi connectivity index (χ4n) is 4.15. The van der Waals surface area contributed by atoms with Crippen molar-refractivity contribution in [1.82, 2.24) is 15.0 Å². The number of aliphatic hydroxyl groups is 1. The highest BCUT2D eigenvalue weighted by molar-refractivity contribution is 6.51. The first-order chi connectivity index (χ1) is 16.4. The number of carbonyl (C=O) groups excluding carboxylic acids is 2. The van der Waals surface area contributed by atoms with Crippen molar-refractivity contribution < 1.29 is 23.8 Å². The van der Waals surface area contributed by atoms with Crippen LogP contribution in [0.15, 0.2) is 66.5 Å². The highest BCUT2D eigenvalue weighted by Crippen LogP contribution is 2.42. The van der Waals surface area contributed by atoms with Gasteiger partial charge in [0.2, 0.25) is 5.95 Å². The fourth-order valence-corrected chi connectivity index (χ4v) is 4.15. The standard InChI is InChI=1S/C25H19FN4O4/c1-13-3-5-17-18(11-13)29-25(28-17)30-21(14-7-9-27-10-8-14)20(23(32)24(30)33)22(31)16-12-15(26)4-6-19(16)34-2/h3-12,21,31H,1-2H3,(H,28,29)/b22-20+. The molecule has 0 bridgehead atoms. The van der Waals surface area contributed by atoms with Crippen molar-refractivity contribution in [3.8, 4) is 5.75 Å². The number of anilines is 1. The lowest BCUT2D eigenvalue weighted by atomic mass is 9.95. The molecule has 8 nitrogen and oxygen atoms in total. The van der Waals surface area contributed by atoms with Crippen LogP contribution in [0.5, 0.6) is 5.75 Å². The maximum atomic E-state index is 14.0. The summed E-state index contributed by atoms with van der Waals surface area (Å²) in [5.41, 5.74) is 2.56. The molecule has 1 atom stereocenters. The van der Waals surface area contributed by atoms with Crippen molar-refractivity contribution in [2.45, 2.75) is 13.0 Å². The summed E-state index contributed by atoms with van der Waals surface area (Å²) in [6, 6.07) is 11.4. The van der Waals surface area contributed by atoms with E-state index in [1.807, 2.05) is 19.1 Å². The summed E-state index contributed by atoms with van der Waals surface area (Å²) >= 11 is 0. The molecule has 1 aliphatic rings. The average molecular weight is 458 g/mol. The summed E-state index contributed by atoms with van der Waals surface area (Å²) < 4.78 is 19.3. The number of pyridine rings is 1. The van der Waals surface area contributed by atoms with Gasteiger partial charge in [-0.2, -0.15) is 0 Å². The molecule has 3 heterocycles. The molecule has 1 aliphatic heterocycles. The van der Waals surface area contributed by atoms with Gasteiger partial charge in [-0.3, -0.25) is 19.5 Å². The third-order valence-corrected chi connectivity index (χ3v) is 5.74. The topological polar surface area (TPSA) is 108 Å². The number of nitrogens with zero attached hydrogens (tertiary/aromatic N) is 3. The number of amides is 1. The van der Waals surface area contributed by atoms with Gasteiger partial charge < -0.3 is 14.8 Å². The molecule has 2 aromatic carbocycles. The predicted molar refractivity (Wildman–Crippen MR) is 123 cm³/mol. The Kier molecular flexibility index (Phi) is 5.09. The molecule has 0 spiro atoms. The number of fused-ring (bicyclic) bond motifs is 1. The van der Waals surface area contributed by atoms with E-state index in [4.69, 9.17) is 4.74 Å². The van der Waals surface area contributed by atoms with E-state index in [-0.39, 0.29) is 22.8 Å². The number of H-pyrrole nitrogens is 1. The first-order valence-electron chi connectivity index (χ1n) is 10.4. The van der Waals surface area contributed by atoms with E-state index < -0.39 is 29.3 Å². The molecule has 1 amide bonds. The van der Waals surface area contributed by atoms with Gasteiger partial charge in [0.25, 0.3) is 5.78 Å². The molecule has 34 heavy (non-hydrogen) atoms. The minimum Gasteiger partial charge on any atom is -0.507 e. The Balaban J connectivity index is 1.75. The number of Topliss-reactive ketones (excluding diaryl/α,β-unsaturated/α-hetero) is 1. The van der Waals surface area contributed by atoms with E-state index >= 15 is 0 Å². The van der Waals surface area contributed by atoms with Crippen LogP contribution in [0.3, 0.4) is 0 Å². The number of methoxy groups -OCH3 is 1. The van der Waals surface area contributed by atoms with Crippen molar-refractivity contribution in [2.75, 3.05) is 12.0 Å². The lowest BCUT2D eigenvalue weighted by molar-refractivity contribution is -0.132. The third-order valence-electron chi connectivity index (χ3n) is 5.74. The predicted octanol–water partition coefficient (Wildman–Crippen LogP) is 4.04. The second-order valence-corrected chi connectivity index (χ2v) is 7.88. The number of nitrogens with one attached hydrogen (secondary N) is 1. The molecule has 1 unspecified atom stereocenters. The van der Waals surface area contributed by atoms with E-state index in [1.165, 1.54) is 36.5 Å². The van der Waals surface area contributed by atoms with Gasteiger partial charge in [0.1, 0.15) is 17.3 Å². The number of ketones is 1. The zero-order valence-corrected chi connectivity index (χ0v) is 18.2. The molecule has 170 valence electrons. The maximum Gasteiger partial charge on any atom is 0.302 e. The van der Waals surface area contributed by atoms with Gasteiger partial charge in [0.05, 0.1) is 35.3 Å². The summed E-state index contributed by atoms with van der Waals surface area (Å²) in [5.74, 6) is -2.69. The third kappa shape index (κ3) is 3.38. The van der Waals surface area contributed by atoms with Crippen molar-refractivity contribution in [1.29, 1.82) is 0 Å². The summed E-state index contributed by atoms with van der Waals surface area (Å²) in [5, 5.41) is 11.2. The molecule has 0 radical (unpaired) electrons. The zero-order valence-electron chi connectivity index (χ0n) is 18.2. The van der Waals surface area contributed by atoms with Gasteiger partial charge in [-0.1, -0.05) is 6.07 Å². The summed E-state index contributed by atoms with van der Waals surface area (Å²) in [4.78, 5) is 39.3. The molecule has 0 aliphatic carbocycles. The Bertz CT molecular complexity index is 1480. The number of aliphatic hydroxyl groups excluding tert-OH is 1. The van der Waals surface area contributed by atoms with Crippen LogP contribution in [0, 0.1) is 12.7 Å². The average Bonchev–Trinajstić information content (AvgIpc) is 3.37. The second kappa shape index (κ2) is 8.11. The number of aromatic nitrogens is 3. The minimum atomic E-state index is -1.03. The van der Waals surface area contributed by atoms with E-state index in [0.29, 0.717) is 16.6 Å². The lowest BCUT2D eigenvalue weighted by Gasteiger charge is -2.23. The number of imidazole rings is 1. The van der Waals surface area contributed by atoms with Crippen LogP contribution in [-0.4, -0.2) is 38.9 Å². The quantitative estimate of drug-likeness (QED) is 0.271. The number of hydrogen-bond donors (Lipinski definition) is 2. The SMILES string of the molecule is COc1ccc(F)cc1/C(O)=C1\C(=O)C(=O)N(c2nc3ccc(C)cc3[nH]2)C1c1ccncc1. The molecular formula is C25H19FN4O4. The Morgan fingerprint density at radius 2 is 1.88 bits per heavy atom. The van der Waals surface area contributed by atoms with E-state index in [2.05, 4.69) is 15.0 Å². The Labute approximate surface area is 193 Å². The van der Waals surface area contributed by atoms with E-state index in [1.54, 1.807) is 18.2 Å². The number of carbonyl (C=O) groups is 2. The van der Waals surface area contributed by atoms with Crippen molar-refractivity contribution >= 4 is 34.4 Å². The van der Waals surface area contributed by atoms with Crippen molar-refractivity contribution in [3.63, 3.8) is 0 Å².